The van der Waals surface area contributed by atoms with Gasteiger partial charge in [-0.05, 0) is 50.9 Å². The van der Waals surface area contributed by atoms with Crippen molar-refractivity contribution in [1.82, 2.24) is 29.9 Å². The van der Waals surface area contributed by atoms with Crippen LogP contribution in [0.15, 0.2) is 28.9 Å². The average Bonchev–Trinajstić information content (AvgIpc) is 3.18. The van der Waals surface area contributed by atoms with Crippen LogP contribution in [0.5, 0.6) is 0 Å². The molecule has 1 saturated carbocycles. The molecule has 3 aromatic heterocycles. The minimum absolute atomic E-state index is 0.424. The molecule has 0 bridgehead atoms. The van der Waals surface area contributed by atoms with Crippen LogP contribution in [0.4, 0.5) is 0 Å². The van der Waals surface area contributed by atoms with Gasteiger partial charge in [0.25, 0.3) is 0 Å². The minimum atomic E-state index is 0.424. The first kappa shape index (κ1) is 14.1. The van der Waals surface area contributed by atoms with E-state index < -0.39 is 0 Å². The second kappa shape index (κ2) is 5.66. The first-order chi connectivity index (χ1) is 11.9. The minimum Gasteiger partial charge on any atom is -0.360 e. The number of likely N-dealkylation sites (tertiary alicyclic amines) is 1. The average molecular weight is 324 g/mol. The third kappa shape index (κ3) is 2.58. The molecular formula is C17H20N6O. The third-order valence-electron chi connectivity index (χ3n) is 5.13. The maximum Gasteiger partial charge on any atom is 0.177 e. The van der Waals surface area contributed by atoms with Gasteiger partial charge in [0.2, 0.25) is 0 Å². The van der Waals surface area contributed by atoms with E-state index in [4.69, 9.17) is 9.62 Å². The Morgan fingerprint density at radius 3 is 2.62 bits per heavy atom. The van der Waals surface area contributed by atoms with Gasteiger partial charge < -0.3 is 4.52 Å². The Bertz CT molecular complexity index is 830. The van der Waals surface area contributed by atoms with Gasteiger partial charge in [-0.2, -0.15) is 9.61 Å². The molecule has 7 nitrogen and oxygen atoms in total. The molecule has 0 radical (unpaired) electrons. The van der Waals surface area contributed by atoms with E-state index in [1.807, 2.05) is 10.6 Å². The van der Waals surface area contributed by atoms with Crippen molar-refractivity contribution in [3.63, 3.8) is 0 Å². The number of piperidine rings is 1. The summed E-state index contributed by atoms with van der Waals surface area (Å²) in [6.45, 7) is 2.89. The topological polar surface area (TPSA) is 72.4 Å². The Kier molecular flexibility index (Phi) is 3.33. The molecule has 4 heterocycles. The molecule has 7 heteroatoms. The van der Waals surface area contributed by atoms with Crippen molar-refractivity contribution in [3.05, 3.63) is 41.7 Å². The van der Waals surface area contributed by atoms with Gasteiger partial charge in [-0.15, -0.1) is 10.2 Å². The number of nitrogens with zero attached hydrogens (tertiary/aromatic N) is 6. The predicted molar refractivity (Wildman–Crippen MR) is 86.5 cm³/mol. The lowest BCUT2D eigenvalue weighted by Gasteiger charge is -2.30. The maximum atomic E-state index is 5.21. The maximum absolute atomic E-state index is 5.21. The monoisotopic (exact) mass is 324 g/mol. The van der Waals surface area contributed by atoms with Gasteiger partial charge >= 0.3 is 0 Å². The number of hydrogen-bond acceptors (Lipinski definition) is 6. The molecule has 124 valence electrons. The summed E-state index contributed by atoms with van der Waals surface area (Å²) in [6, 6.07) is 6.09. The van der Waals surface area contributed by atoms with Crippen LogP contribution in [0.3, 0.4) is 0 Å². The van der Waals surface area contributed by atoms with Crippen LogP contribution in [0.2, 0.25) is 0 Å². The van der Waals surface area contributed by atoms with E-state index in [9.17, 15) is 0 Å². The highest BCUT2D eigenvalue weighted by atomic mass is 16.5. The zero-order chi connectivity index (χ0) is 15.9. The third-order valence-corrected chi connectivity index (χ3v) is 5.13. The van der Waals surface area contributed by atoms with Crippen molar-refractivity contribution in [2.75, 3.05) is 13.1 Å². The fourth-order valence-electron chi connectivity index (χ4n) is 3.56. The smallest absolute Gasteiger partial charge is 0.177 e. The molecule has 0 N–H and O–H groups in total. The van der Waals surface area contributed by atoms with Gasteiger partial charge in [0.05, 0.1) is 18.4 Å². The van der Waals surface area contributed by atoms with E-state index in [2.05, 4.69) is 32.4 Å². The van der Waals surface area contributed by atoms with E-state index in [1.165, 1.54) is 18.5 Å². The van der Waals surface area contributed by atoms with Crippen molar-refractivity contribution >= 4 is 5.65 Å². The first-order valence-corrected chi connectivity index (χ1v) is 8.71. The van der Waals surface area contributed by atoms with Crippen LogP contribution < -0.4 is 0 Å². The molecule has 1 aliphatic carbocycles. The molecule has 0 amide bonds. The lowest BCUT2D eigenvalue weighted by molar-refractivity contribution is 0.181. The molecule has 0 spiro atoms. The standard InChI is InChI=1S/C17H20N6O/c1-2-12(1)15-3-4-16-19-20-17(23(16)21-15)13-6-9-22(10-7-13)11-14-5-8-18-24-14/h3-5,8,12-13H,1-2,6-7,9-11H2. The van der Waals surface area contributed by atoms with Crippen molar-refractivity contribution in [3.8, 4) is 0 Å². The highest BCUT2D eigenvalue weighted by Gasteiger charge is 2.28. The highest BCUT2D eigenvalue weighted by Crippen LogP contribution is 2.39. The van der Waals surface area contributed by atoms with Gasteiger partial charge in [0, 0.05) is 17.9 Å². The zero-order valence-corrected chi connectivity index (χ0v) is 13.5. The summed E-state index contributed by atoms with van der Waals surface area (Å²) < 4.78 is 7.18. The number of hydrogen-bond donors (Lipinski definition) is 0. The summed E-state index contributed by atoms with van der Waals surface area (Å²) in [4.78, 5) is 2.41. The molecule has 3 aromatic rings. The van der Waals surface area contributed by atoms with Crippen molar-refractivity contribution < 1.29 is 4.52 Å². The van der Waals surface area contributed by atoms with Crippen LogP contribution in [-0.4, -0.2) is 43.0 Å². The second-order valence-corrected chi connectivity index (χ2v) is 6.89. The summed E-state index contributed by atoms with van der Waals surface area (Å²) in [7, 11) is 0. The lowest BCUT2D eigenvalue weighted by atomic mass is 9.96. The molecule has 1 saturated heterocycles. The first-order valence-electron chi connectivity index (χ1n) is 8.71. The summed E-state index contributed by atoms with van der Waals surface area (Å²) in [5.74, 6) is 3.02. The Hall–Kier alpha value is -2.28. The van der Waals surface area contributed by atoms with Gasteiger partial charge in [-0.25, -0.2) is 0 Å². The lowest BCUT2D eigenvalue weighted by Crippen LogP contribution is -2.33. The molecule has 0 atom stereocenters. The van der Waals surface area contributed by atoms with Gasteiger partial charge in [0.1, 0.15) is 0 Å². The number of fused-ring (bicyclic) bond motifs is 1. The molecule has 2 fully saturated rings. The largest absolute Gasteiger partial charge is 0.360 e. The summed E-state index contributed by atoms with van der Waals surface area (Å²) in [5, 5.41) is 17.3. The Labute approximate surface area is 139 Å². The fourth-order valence-corrected chi connectivity index (χ4v) is 3.56. The van der Waals surface area contributed by atoms with Crippen molar-refractivity contribution in [1.29, 1.82) is 0 Å². The number of aromatic nitrogens is 5. The van der Waals surface area contributed by atoms with E-state index in [-0.39, 0.29) is 0 Å². The van der Waals surface area contributed by atoms with Gasteiger partial charge in [0.15, 0.2) is 17.2 Å². The second-order valence-electron chi connectivity index (χ2n) is 6.89. The van der Waals surface area contributed by atoms with Crippen molar-refractivity contribution in [2.45, 2.75) is 44.1 Å². The fraction of sp³-hybridized carbons (Fsp3) is 0.529. The van der Waals surface area contributed by atoms with Crippen molar-refractivity contribution in [2.24, 2.45) is 0 Å². The van der Waals surface area contributed by atoms with Gasteiger partial charge in [-0.1, -0.05) is 5.16 Å². The summed E-state index contributed by atoms with van der Waals surface area (Å²) in [6.07, 6.45) is 6.37. The van der Waals surface area contributed by atoms with Crippen LogP contribution in [0, 0.1) is 0 Å². The zero-order valence-electron chi connectivity index (χ0n) is 13.5. The summed E-state index contributed by atoms with van der Waals surface area (Å²) >= 11 is 0. The quantitative estimate of drug-likeness (QED) is 0.733. The Morgan fingerprint density at radius 1 is 1.00 bits per heavy atom. The summed E-state index contributed by atoms with van der Waals surface area (Å²) in [5.41, 5.74) is 2.05. The van der Waals surface area contributed by atoms with Crippen LogP contribution in [0.25, 0.3) is 5.65 Å². The Balaban J connectivity index is 1.32. The van der Waals surface area contributed by atoms with Crippen LogP contribution in [-0.2, 0) is 6.54 Å². The molecule has 5 rings (SSSR count). The van der Waals surface area contributed by atoms with Crippen LogP contribution >= 0.6 is 0 Å². The molecule has 2 aliphatic rings. The normalized spacial score (nSPS) is 20.0. The SMILES string of the molecule is c1cc(CN2CCC(c3nnc4ccc(C5CC5)nn34)CC2)on1. The molecule has 1 aliphatic heterocycles. The van der Waals surface area contributed by atoms with E-state index in [1.54, 1.807) is 6.20 Å². The predicted octanol–water partition coefficient (Wildman–Crippen LogP) is 2.37. The molecule has 0 unspecified atom stereocenters. The molecular weight excluding hydrogens is 304 g/mol. The number of rotatable bonds is 4. The molecule has 24 heavy (non-hydrogen) atoms. The highest BCUT2D eigenvalue weighted by molar-refractivity contribution is 5.38. The molecule has 0 aromatic carbocycles. The van der Waals surface area contributed by atoms with E-state index in [0.717, 1.165) is 49.7 Å². The van der Waals surface area contributed by atoms with Crippen LogP contribution in [0.1, 0.15) is 54.8 Å². The Morgan fingerprint density at radius 2 is 1.88 bits per heavy atom. The van der Waals surface area contributed by atoms with E-state index >= 15 is 0 Å². The van der Waals surface area contributed by atoms with E-state index in [0.29, 0.717) is 11.8 Å². The van der Waals surface area contributed by atoms with Gasteiger partial charge in [-0.3, -0.25) is 4.90 Å².